The van der Waals surface area contributed by atoms with Gasteiger partial charge in [0.05, 0.1) is 36.2 Å². The van der Waals surface area contributed by atoms with E-state index in [9.17, 15) is 27.5 Å². The molecular weight excluding hydrogens is 652 g/mol. The first kappa shape index (κ1) is 42.6. The standard InChI is InChI=1S/C30H33ClF4N4O4.2C2H6.CH4/c1-28(2,38-11-10-36)19-14-23(17-4-8-22(32)21(31)12-17)39-26(15-19)29(41,30(33,34)35)16-37-27(40)18-5-9-24(25(13-18)42-3)43-20-6-7-20;2*1-2;/h4-5,8-9,12-15,20,38,41H,6-7,10-11,16,36H2,1-3H3,(H,37,40);2*1-2H3;1H4. The third-order valence-corrected chi connectivity index (χ3v) is 7.40. The molecule has 1 heterocycles. The summed E-state index contributed by atoms with van der Waals surface area (Å²) in [6.07, 6.45) is -3.41. The maximum atomic E-state index is 14.6. The molecule has 0 bridgehead atoms. The van der Waals surface area contributed by atoms with Crippen LogP contribution in [0.4, 0.5) is 17.6 Å². The molecular formula is C35H49ClF4N4O4. The van der Waals surface area contributed by atoms with Crippen LogP contribution in [0.2, 0.25) is 5.02 Å². The van der Waals surface area contributed by atoms with Crippen molar-refractivity contribution in [3.8, 4) is 22.8 Å². The summed E-state index contributed by atoms with van der Waals surface area (Å²) >= 11 is 5.94. The summed E-state index contributed by atoms with van der Waals surface area (Å²) in [6.45, 7) is 10.8. The number of nitrogens with one attached hydrogen (secondary N) is 2. The number of benzene rings is 2. The van der Waals surface area contributed by atoms with Crippen molar-refractivity contribution in [2.75, 3.05) is 26.7 Å². The van der Waals surface area contributed by atoms with Gasteiger partial charge in [0.1, 0.15) is 5.82 Å². The highest BCUT2D eigenvalue weighted by molar-refractivity contribution is 6.31. The van der Waals surface area contributed by atoms with Gasteiger partial charge in [0.25, 0.3) is 5.91 Å². The number of aromatic nitrogens is 1. The monoisotopic (exact) mass is 700 g/mol. The van der Waals surface area contributed by atoms with Gasteiger partial charge in [0, 0.05) is 29.8 Å². The number of rotatable bonds is 12. The van der Waals surface area contributed by atoms with E-state index < -0.39 is 41.3 Å². The van der Waals surface area contributed by atoms with E-state index in [2.05, 4.69) is 15.6 Å². The van der Waals surface area contributed by atoms with Crippen LogP contribution in [0.1, 0.15) is 83.4 Å². The van der Waals surface area contributed by atoms with Crippen LogP contribution >= 0.6 is 11.6 Å². The van der Waals surface area contributed by atoms with Crippen LogP contribution in [0.5, 0.6) is 11.5 Å². The topological polar surface area (TPSA) is 119 Å². The van der Waals surface area contributed by atoms with Crippen molar-refractivity contribution < 1.29 is 36.9 Å². The normalized spacial score (nSPS) is 13.8. The average molecular weight is 701 g/mol. The molecule has 5 N–H and O–H groups in total. The predicted molar refractivity (Wildman–Crippen MR) is 183 cm³/mol. The van der Waals surface area contributed by atoms with Gasteiger partial charge < -0.3 is 30.9 Å². The minimum atomic E-state index is -5.27. The molecule has 1 unspecified atom stereocenters. The predicted octanol–water partition coefficient (Wildman–Crippen LogP) is 7.74. The van der Waals surface area contributed by atoms with Gasteiger partial charge in [-0.05, 0) is 80.8 Å². The van der Waals surface area contributed by atoms with Crippen molar-refractivity contribution in [1.82, 2.24) is 15.6 Å². The number of hydrogen-bond donors (Lipinski definition) is 4. The lowest BCUT2D eigenvalue weighted by Gasteiger charge is -2.33. The van der Waals surface area contributed by atoms with Crippen LogP contribution in [0.15, 0.2) is 48.5 Å². The Hall–Kier alpha value is -3.45. The van der Waals surface area contributed by atoms with Gasteiger partial charge in [-0.15, -0.1) is 0 Å². The highest BCUT2D eigenvalue weighted by atomic mass is 35.5. The van der Waals surface area contributed by atoms with E-state index in [1.807, 2.05) is 27.7 Å². The van der Waals surface area contributed by atoms with Crippen molar-refractivity contribution in [1.29, 1.82) is 0 Å². The molecule has 1 amide bonds. The number of methoxy groups -OCH3 is 1. The third-order valence-electron chi connectivity index (χ3n) is 7.11. The SMILES string of the molecule is C.CC.CC.COc1cc(C(=O)NCC(O)(c2cc(C(C)(C)NCCN)cc(-c3ccc(F)c(Cl)c3)n2)C(F)(F)F)ccc1OC1CC1. The van der Waals surface area contributed by atoms with Crippen LogP contribution in [-0.4, -0.2) is 55.0 Å². The number of hydrogen-bond acceptors (Lipinski definition) is 7. The summed E-state index contributed by atoms with van der Waals surface area (Å²) in [7, 11) is 1.38. The maximum Gasteiger partial charge on any atom is 0.424 e. The van der Waals surface area contributed by atoms with E-state index in [0.717, 1.165) is 25.0 Å². The Labute approximate surface area is 286 Å². The summed E-state index contributed by atoms with van der Waals surface area (Å²) in [5.74, 6) is -0.945. The molecule has 0 spiro atoms. The second-order valence-electron chi connectivity index (χ2n) is 10.8. The molecule has 1 saturated carbocycles. The number of ether oxygens (including phenoxy) is 2. The van der Waals surface area contributed by atoms with Crippen molar-refractivity contribution in [3.63, 3.8) is 0 Å². The van der Waals surface area contributed by atoms with Gasteiger partial charge in [-0.1, -0.05) is 46.7 Å². The van der Waals surface area contributed by atoms with E-state index in [1.54, 1.807) is 13.8 Å². The summed E-state index contributed by atoms with van der Waals surface area (Å²) in [4.78, 5) is 17.1. The molecule has 4 rings (SSSR count). The largest absolute Gasteiger partial charge is 0.493 e. The molecule has 1 aliphatic rings. The van der Waals surface area contributed by atoms with Gasteiger partial charge in [-0.2, -0.15) is 13.2 Å². The lowest BCUT2D eigenvalue weighted by Crippen LogP contribution is -2.52. The minimum absolute atomic E-state index is 0. The van der Waals surface area contributed by atoms with Crippen LogP contribution in [0.25, 0.3) is 11.3 Å². The zero-order valence-electron chi connectivity index (χ0n) is 27.8. The van der Waals surface area contributed by atoms with Crippen molar-refractivity contribution in [3.05, 3.63) is 76.2 Å². The van der Waals surface area contributed by atoms with Crippen LogP contribution in [0, 0.1) is 5.82 Å². The summed E-state index contributed by atoms with van der Waals surface area (Å²) in [5.41, 5.74) is 0.856. The molecule has 3 aromatic rings. The fourth-order valence-corrected chi connectivity index (χ4v) is 4.49. The smallest absolute Gasteiger partial charge is 0.424 e. The molecule has 1 atom stereocenters. The van der Waals surface area contributed by atoms with Gasteiger partial charge in [-0.25, -0.2) is 9.37 Å². The van der Waals surface area contributed by atoms with E-state index in [-0.39, 0.29) is 47.7 Å². The number of carbonyl (C=O) groups excluding carboxylic acids is 1. The highest BCUT2D eigenvalue weighted by Crippen LogP contribution is 2.41. The Balaban J connectivity index is 0.00000222. The minimum Gasteiger partial charge on any atom is -0.493 e. The molecule has 0 saturated heterocycles. The first-order valence-corrected chi connectivity index (χ1v) is 15.9. The molecule has 1 fully saturated rings. The zero-order valence-corrected chi connectivity index (χ0v) is 28.6. The van der Waals surface area contributed by atoms with E-state index in [0.29, 0.717) is 17.9 Å². The third kappa shape index (κ3) is 10.5. The maximum absolute atomic E-state index is 14.6. The first-order chi connectivity index (χ1) is 22.2. The molecule has 0 aliphatic heterocycles. The fraction of sp³-hybridized carbons (Fsp3) is 0.486. The molecule has 1 aromatic heterocycles. The summed E-state index contributed by atoms with van der Waals surface area (Å²) in [5, 5.41) is 16.3. The Morgan fingerprint density at radius 1 is 1.04 bits per heavy atom. The van der Waals surface area contributed by atoms with Gasteiger partial charge in [0.15, 0.2) is 11.5 Å². The van der Waals surface area contributed by atoms with Crippen LogP contribution in [0.3, 0.4) is 0 Å². The molecule has 8 nitrogen and oxygen atoms in total. The summed E-state index contributed by atoms with van der Waals surface area (Å²) in [6, 6.07) is 10.5. The Kier molecular flexibility index (Phi) is 16.3. The molecule has 1 aliphatic carbocycles. The Bertz CT molecular complexity index is 1490. The van der Waals surface area contributed by atoms with E-state index in [1.165, 1.54) is 43.5 Å². The highest BCUT2D eigenvalue weighted by Gasteiger charge is 2.56. The van der Waals surface area contributed by atoms with Gasteiger partial charge in [-0.3, -0.25) is 4.79 Å². The van der Waals surface area contributed by atoms with E-state index >= 15 is 0 Å². The second kappa shape index (κ2) is 18.4. The molecule has 48 heavy (non-hydrogen) atoms. The number of amides is 1. The number of alkyl halides is 3. The van der Waals surface area contributed by atoms with Crippen molar-refractivity contribution >= 4 is 17.5 Å². The van der Waals surface area contributed by atoms with Gasteiger partial charge >= 0.3 is 6.18 Å². The summed E-state index contributed by atoms with van der Waals surface area (Å²) < 4.78 is 68.8. The first-order valence-electron chi connectivity index (χ1n) is 15.5. The molecule has 0 radical (unpaired) electrons. The van der Waals surface area contributed by atoms with Crippen molar-refractivity contribution in [2.24, 2.45) is 5.73 Å². The van der Waals surface area contributed by atoms with Crippen molar-refractivity contribution in [2.45, 2.75) is 85.2 Å². The molecule has 2 aromatic carbocycles. The Morgan fingerprint density at radius 2 is 1.69 bits per heavy atom. The van der Waals surface area contributed by atoms with E-state index in [4.69, 9.17) is 26.8 Å². The number of carbonyl (C=O) groups is 1. The van der Waals surface area contributed by atoms with Crippen LogP contribution < -0.4 is 25.8 Å². The lowest BCUT2D eigenvalue weighted by atomic mass is 9.88. The average Bonchev–Trinajstić information content (AvgIpc) is 3.89. The number of aliphatic hydroxyl groups is 1. The van der Waals surface area contributed by atoms with Crippen LogP contribution in [-0.2, 0) is 11.1 Å². The van der Waals surface area contributed by atoms with Gasteiger partial charge in [0.2, 0.25) is 5.60 Å². The number of halogens is 5. The molecule has 13 heteroatoms. The number of pyridine rings is 1. The lowest BCUT2D eigenvalue weighted by molar-refractivity contribution is -0.265. The second-order valence-corrected chi connectivity index (χ2v) is 11.2. The molecule has 268 valence electrons. The number of nitrogens with two attached hydrogens (primary N) is 1. The number of nitrogens with zero attached hydrogens (tertiary/aromatic N) is 1. The fourth-order valence-electron chi connectivity index (χ4n) is 4.31. The Morgan fingerprint density at radius 3 is 2.23 bits per heavy atom. The zero-order chi connectivity index (χ0) is 35.6. The quantitative estimate of drug-likeness (QED) is 0.143.